The van der Waals surface area contributed by atoms with Crippen LogP contribution in [-0.2, 0) is 4.84 Å². The summed E-state index contributed by atoms with van der Waals surface area (Å²) in [4.78, 5) is 17.0. The number of rotatable bonds is 5. The summed E-state index contributed by atoms with van der Waals surface area (Å²) in [5.74, 6) is 1.48. The summed E-state index contributed by atoms with van der Waals surface area (Å²) < 4.78 is 13.7. The van der Waals surface area contributed by atoms with Crippen molar-refractivity contribution >= 4 is 17.4 Å². The zero-order valence-corrected chi connectivity index (χ0v) is 11.0. The van der Waals surface area contributed by atoms with E-state index in [1.165, 1.54) is 17.8 Å². The fourth-order valence-electron chi connectivity index (χ4n) is 1.75. The summed E-state index contributed by atoms with van der Waals surface area (Å²) in [7, 11) is 0. The van der Waals surface area contributed by atoms with Crippen LogP contribution >= 0.6 is 11.8 Å². The van der Waals surface area contributed by atoms with Gasteiger partial charge in [-0.05, 0) is 19.1 Å². The standard InChI is InChI=1S/C12H12FN2O3S/c1-9-12(6-7-18-15(16)17)19-8-14(9)11-5-3-2-4-10(11)13/h2-5,8H,6-7H2,1H3. The maximum absolute atomic E-state index is 13.7. The van der Waals surface area contributed by atoms with Gasteiger partial charge in [0.25, 0.3) is 5.09 Å². The van der Waals surface area contributed by atoms with E-state index >= 15 is 0 Å². The molecule has 0 fully saturated rings. The van der Waals surface area contributed by atoms with Gasteiger partial charge in [-0.3, -0.25) is 0 Å². The zero-order valence-electron chi connectivity index (χ0n) is 10.2. The second-order valence-corrected chi connectivity index (χ2v) is 4.80. The summed E-state index contributed by atoms with van der Waals surface area (Å²) in [5, 5.41) is 9.27. The van der Waals surface area contributed by atoms with Gasteiger partial charge < -0.3 is 9.74 Å². The maximum Gasteiger partial charge on any atom is 0.294 e. The third-order valence-electron chi connectivity index (χ3n) is 2.70. The lowest BCUT2D eigenvalue weighted by Gasteiger charge is -2.19. The van der Waals surface area contributed by atoms with Crippen LogP contribution < -0.4 is 4.90 Å². The molecule has 19 heavy (non-hydrogen) atoms. The van der Waals surface area contributed by atoms with Crippen LogP contribution in [0.15, 0.2) is 34.9 Å². The molecule has 0 amide bonds. The molecule has 1 radical (unpaired) electrons. The van der Waals surface area contributed by atoms with Crippen LogP contribution in [-0.4, -0.2) is 11.7 Å². The van der Waals surface area contributed by atoms with Crippen molar-refractivity contribution in [1.29, 1.82) is 0 Å². The number of hydrogen-bond acceptors (Lipinski definition) is 5. The molecule has 101 valence electrons. The van der Waals surface area contributed by atoms with Crippen LogP contribution in [0.5, 0.6) is 0 Å². The summed E-state index contributed by atoms with van der Waals surface area (Å²) in [6.07, 6.45) is 0.429. The van der Waals surface area contributed by atoms with Gasteiger partial charge in [-0.25, -0.2) is 4.39 Å². The van der Waals surface area contributed by atoms with Gasteiger partial charge in [-0.15, -0.1) is 21.9 Å². The molecule has 0 spiro atoms. The molecule has 1 aliphatic heterocycles. The van der Waals surface area contributed by atoms with Crippen LogP contribution in [0.2, 0.25) is 0 Å². The number of anilines is 1. The Kier molecular flexibility index (Phi) is 4.26. The van der Waals surface area contributed by atoms with Crippen LogP contribution in [0, 0.1) is 21.8 Å². The van der Waals surface area contributed by atoms with Crippen molar-refractivity contribution in [3.63, 3.8) is 0 Å². The van der Waals surface area contributed by atoms with Crippen LogP contribution in [0.4, 0.5) is 10.1 Å². The lowest BCUT2D eigenvalue weighted by Crippen LogP contribution is -2.13. The molecule has 1 aromatic carbocycles. The highest BCUT2D eigenvalue weighted by Crippen LogP contribution is 2.40. The molecule has 0 saturated heterocycles. The van der Waals surface area contributed by atoms with Crippen molar-refractivity contribution in [1.82, 2.24) is 0 Å². The Bertz CT molecular complexity index is 521. The Hall–Kier alpha value is -1.76. The van der Waals surface area contributed by atoms with Crippen molar-refractivity contribution in [2.24, 2.45) is 0 Å². The first-order valence-electron chi connectivity index (χ1n) is 5.60. The fourth-order valence-corrected chi connectivity index (χ4v) is 2.73. The lowest BCUT2D eigenvalue weighted by molar-refractivity contribution is -0.757. The number of benzene rings is 1. The first kappa shape index (κ1) is 13.7. The zero-order chi connectivity index (χ0) is 13.8. The normalized spacial score (nSPS) is 14.9. The second-order valence-electron chi connectivity index (χ2n) is 3.86. The van der Waals surface area contributed by atoms with Crippen molar-refractivity contribution in [3.8, 4) is 0 Å². The molecule has 0 unspecified atom stereocenters. The smallest absolute Gasteiger partial charge is 0.294 e. The molecule has 0 aliphatic carbocycles. The monoisotopic (exact) mass is 283 g/mol. The van der Waals surface area contributed by atoms with Crippen LogP contribution in [0.3, 0.4) is 0 Å². The maximum atomic E-state index is 13.7. The lowest BCUT2D eigenvalue weighted by atomic mass is 10.2. The number of allylic oxidation sites excluding steroid dienone is 1. The Balaban J connectivity index is 2.07. The summed E-state index contributed by atoms with van der Waals surface area (Å²) in [5.41, 5.74) is 1.33. The van der Waals surface area contributed by atoms with E-state index in [0.717, 1.165) is 10.6 Å². The Morgan fingerprint density at radius 2 is 2.21 bits per heavy atom. The number of para-hydroxylation sites is 1. The minimum atomic E-state index is -0.812. The summed E-state index contributed by atoms with van der Waals surface area (Å²) in [6, 6.07) is 6.48. The molecule has 1 aliphatic rings. The Morgan fingerprint density at radius 1 is 1.47 bits per heavy atom. The van der Waals surface area contributed by atoms with E-state index < -0.39 is 5.09 Å². The number of thioether (sulfide) groups is 1. The molecule has 0 saturated carbocycles. The largest absolute Gasteiger partial charge is 0.326 e. The highest BCUT2D eigenvalue weighted by atomic mass is 32.2. The van der Waals surface area contributed by atoms with E-state index in [2.05, 4.69) is 4.84 Å². The van der Waals surface area contributed by atoms with Gasteiger partial charge in [-0.1, -0.05) is 12.1 Å². The quantitative estimate of drug-likeness (QED) is 0.613. The average Bonchev–Trinajstić information content (AvgIpc) is 2.72. The minimum Gasteiger partial charge on any atom is -0.326 e. The molecule has 1 aromatic rings. The molecule has 1 heterocycles. The first-order valence-corrected chi connectivity index (χ1v) is 6.48. The highest BCUT2D eigenvalue weighted by Gasteiger charge is 2.23. The molecule has 0 atom stereocenters. The third kappa shape index (κ3) is 3.17. The van der Waals surface area contributed by atoms with Crippen molar-refractivity contribution in [2.45, 2.75) is 13.3 Å². The number of hydrogen-bond donors (Lipinski definition) is 0. The van der Waals surface area contributed by atoms with E-state index in [0.29, 0.717) is 12.1 Å². The molecular weight excluding hydrogens is 271 g/mol. The van der Waals surface area contributed by atoms with E-state index in [1.54, 1.807) is 29.0 Å². The van der Waals surface area contributed by atoms with Gasteiger partial charge >= 0.3 is 0 Å². The minimum absolute atomic E-state index is 0.00558. The predicted octanol–water partition coefficient (Wildman–Crippen LogP) is 3.33. The highest BCUT2D eigenvalue weighted by molar-refractivity contribution is 8.05. The Morgan fingerprint density at radius 3 is 2.89 bits per heavy atom. The molecule has 0 N–H and O–H groups in total. The van der Waals surface area contributed by atoms with Crippen LogP contribution in [0.1, 0.15) is 13.3 Å². The van der Waals surface area contributed by atoms with Gasteiger partial charge in [0.15, 0.2) is 0 Å². The van der Waals surface area contributed by atoms with E-state index in [9.17, 15) is 14.5 Å². The van der Waals surface area contributed by atoms with Crippen molar-refractivity contribution < 1.29 is 14.3 Å². The van der Waals surface area contributed by atoms with Gasteiger partial charge in [0, 0.05) is 17.0 Å². The average molecular weight is 283 g/mol. The Labute approximate surface area is 114 Å². The molecular formula is C12H12FN2O3S. The van der Waals surface area contributed by atoms with Crippen LogP contribution in [0.25, 0.3) is 0 Å². The number of halogens is 1. The van der Waals surface area contributed by atoms with Gasteiger partial charge in [-0.2, -0.15) is 0 Å². The third-order valence-corrected chi connectivity index (χ3v) is 3.80. The topological polar surface area (TPSA) is 55.6 Å². The second kappa shape index (κ2) is 5.92. The van der Waals surface area contributed by atoms with Gasteiger partial charge in [0.2, 0.25) is 0 Å². The molecule has 7 heteroatoms. The van der Waals surface area contributed by atoms with Gasteiger partial charge in [0.05, 0.1) is 5.69 Å². The van der Waals surface area contributed by atoms with Crippen molar-refractivity contribution in [2.75, 3.05) is 11.5 Å². The number of nitrogens with zero attached hydrogens (tertiary/aromatic N) is 2. The summed E-state index contributed by atoms with van der Waals surface area (Å²) >= 11 is 1.43. The SMILES string of the molecule is CC1=C(CCO[N+](=O)[O-])S[CH]N1c1ccccc1F. The van der Waals surface area contributed by atoms with Gasteiger partial charge in [0.1, 0.15) is 18.3 Å². The molecule has 2 rings (SSSR count). The van der Waals surface area contributed by atoms with E-state index in [1.807, 2.05) is 6.92 Å². The van der Waals surface area contributed by atoms with E-state index in [-0.39, 0.29) is 12.4 Å². The van der Waals surface area contributed by atoms with Crippen molar-refractivity contribution in [3.05, 3.63) is 56.7 Å². The molecule has 0 bridgehead atoms. The summed E-state index contributed by atoms with van der Waals surface area (Å²) in [6.45, 7) is 1.86. The fraction of sp³-hybridized carbons (Fsp3) is 0.250. The first-order chi connectivity index (χ1) is 9.09. The van der Waals surface area contributed by atoms with E-state index in [4.69, 9.17) is 0 Å². The molecule has 5 nitrogen and oxygen atoms in total. The molecule has 0 aromatic heterocycles. The predicted molar refractivity (Wildman–Crippen MR) is 71.0 cm³/mol.